The number of piperidine rings is 1. The molecule has 1 aromatic heterocycles. The fourth-order valence-electron chi connectivity index (χ4n) is 4.36. The lowest BCUT2D eigenvalue weighted by Crippen LogP contribution is -2.27. The van der Waals surface area contributed by atoms with Crippen molar-refractivity contribution in [3.8, 4) is 0 Å². The van der Waals surface area contributed by atoms with Gasteiger partial charge in [0, 0.05) is 18.9 Å². The van der Waals surface area contributed by atoms with Crippen molar-refractivity contribution < 1.29 is 8.42 Å². The van der Waals surface area contributed by atoms with Crippen LogP contribution in [0.15, 0.2) is 34.0 Å². The van der Waals surface area contributed by atoms with Crippen molar-refractivity contribution in [1.29, 1.82) is 0 Å². The second kappa shape index (κ2) is 12.2. The zero-order chi connectivity index (χ0) is 27.3. The highest BCUT2D eigenvalue weighted by molar-refractivity contribution is 7.95. The summed E-state index contributed by atoms with van der Waals surface area (Å²) in [5, 5.41) is 8.90. The normalized spacial score (nSPS) is 15.9. The summed E-state index contributed by atoms with van der Waals surface area (Å²) >= 11 is 6.36. The van der Waals surface area contributed by atoms with Gasteiger partial charge >= 0.3 is 0 Å². The molecule has 2 heterocycles. The largest absolute Gasteiger partial charge is 0.388 e. The van der Waals surface area contributed by atoms with Crippen LogP contribution in [0.3, 0.4) is 0 Å². The highest BCUT2D eigenvalue weighted by Crippen LogP contribution is 2.36. The summed E-state index contributed by atoms with van der Waals surface area (Å²) in [5.41, 5.74) is 10.8. The van der Waals surface area contributed by atoms with Gasteiger partial charge < -0.3 is 21.7 Å². The van der Waals surface area contributed by atoms with Crippen molar-refractivity contribution in [1.82, 2.24) is 15.3 Å². The molecule has 0 saturated carbocycles. The van der Waals surface area contributed by atoms with E-state index in [1.165, 1.54) is 36.1 Å². The molecule has 0 bridgehead atoms. The first kappa shape index (κ1) is 28.9. The Morgan fingerprint density at radius 1 is 1.24 bits per heavy atom. The predicted octanol–water partition coefficient (Wildman–Crippen LogP) is 4.84. The van der Waals surface area contributed by atoms with E-state index in [1.807, 2.05) is 0 Å². The van der Waals surface area contributed by atoms with E-state index in [2.05, 4.69) is 63.8 Å². The number of nitrogens with one attached hydrogen (secondary N) is 3. The smallest absolute Gasteiger partial charge is 0.229 e. The van der Waals surface area contributed by atoms with Gasteiger partial charge in [0.1, 0.15) is 5.02 Å². The van der Waals surface area contributed by atoms with Gasteiger partial charge in [-0.15, -0.1) is 0 Å². The Morgan fingerprint density at radius 2 is 1.92 bits per heavy atom. The van der Waals surface area contributed by atoms with Crippen molar-refractivity contribution >= 4 is 45.1 Å². The monoisotopic (exact) mass is 547 g/mol. The summed E-state index contributed by atoms with van der Waals surface area (Å²) in [7, 11) is -2.20. The highest BCUT2D eigenvalue weighted by Gasteiger charge is 2.24. The number of nitrogens with two attached hydrogens (primary N) is 1. The van der Waals surface area contributed by atoms with Crippen LogP contribution in [0.4, 0.5) is 17.5 Å². The molecule has 1 aliphatic heterocycles. The van der Waals surface area contributed by atoms with Crippen molar-refractivity contribution in [2.45, 2.75) is 64.5 Å². The van der Waals surface area contributed by atoms with E-state index < -0.39 is 15.1 Å². The molecule has 1 fully saturated rings. The second-order valence-corrected chi connectivity index (χ2v) is 12.8. The van der Waals surface area contributed by atoms with Gasteiger partial charge in [-0.3, -0.25) is 4.99 Å². The van der Waals surface area contributed by atoms with Crippen LogP contribution in [-0.4, -0.2) is 50.0 Å². The third-order valence-corrected chi connectivity index (χ3v) is 8.88. The minimum atomic E-state index is -3.73. The molecule has 1 saturated heterocycles. The zero-order valence-electron chi connectivity index (χ0n) is 22.4. The van der Waals surface area contributed by atoms with Crippen LogP contribution in [-0.2, 0) is 9.84 Å². The molecular formula is C26H38ClN7O2S. The fraction of sp³-hybridized carbons (Fsp3) is 0.500. The van der Waals surface area contributed by atoms with Crippen LogP contribution in [0.1, 0.15) is 69.1 Å². The van der Waals surface area contributed by atoms with E-state index >= 15 is 0 Å². The lowest BCUT2D eigenvalue weighted by molar-refractivity contribution is 0.459. The van der Waals surface area contributed by atoms with E-state index in [1.54, 1.807) is 13.8 Å². The molecule has 0 spiro atoms. The second-order valence-electron chi connectivity index (χ2n) is 9.87. The minimum Gasteiger partial charge on any atom is -0.388 e. The average molecular weight is 548 g/mol. The molecule has 1 aliphatic rings. The summed E-state index contributed by atoms with van der Waals surface area (Å²) in [6.07, 6.45) is 5.05. The van der Waals surface area contributed by atoms with E-state index in [9.17, 15) is 8.42 Å². The minimum absolute atomic E-state index is 0.0905. The van der Waals surface area contributed by atoms with Gasteiger partial charge in [-0.2, -0.15) is 4.98 Å². The van der Waals surface area contributed by atoms with Crippen LogP contribution in [0.5, 0.6) is 0 Å². The molecule has 5 N–H and O–H groups in total. The van der Waals surface area contributed by atoms with Crippen molar-refractivity contribution in [2.24, 2.45) is 10.7 Å². The molecule has 1 aromatic carbocycles. The molecule has 9 nitrogen and oxygen atoms in total. The summed E-state index contributed by atoms with van der Waals surface area (Å²) in [6, 6.07) is 4.46. The topological polar surface area (TPSA) is 134 Å². The molecule has 37 heavy (non-hydrogen) atoms. The Kier molecular flexibility index (Phi) is 9.55. The average Bonchev–Trinajstić information content (AvgIpc) is 2.85. The van der Waals surface area contributed by atoms with Crippen LogP contribution >= 0.6 is 11.6 Å². The number of nitrogens with zero attached hydrogens (tertiary/aromatic N) is 3. The zero-order valence-corrected chi connectivity index (χ0v) is 24.0. The first-order valence-corrected chi connectivity index (χ1v) is 14.5. The third-order valence-electron chi connectivity index (χ3n) is 6.53. The van der Waals surface area contributed by atoms with Crippen molar-refractivity contribution in [2.75, 3.05) is 30.8 Å². The number of hydrogen-bond acceptors (Lipinski definition) is 9. The summed E-state index contributed by atoms with van der Waals surface area (Å²) < 4.78 is 25.3. The van der Waals surface area contributed by atoms with Gasteiger partial charge in [-0.25, -0.2) is 13.4 Å². The Hall–Kier alpha value is -2.69. The highest BCUT2D eigenvalue weighted by atomic mass is 35.5. The SMILES string of the molecule is CN=CC(Nc1nc(Nc2cc(C)c(C3CCNCC3)cc2C(C)C)ncc1Cl)=C(N)S(=O)(=O)C(C)C. The molecule has 0 atom stereocenters. The molecular weight excluding hydrogens is 510 g/mol. The maximum Gasteiger partial charge on any atom is 0.229 e. The van der Waals surface area contributed by atoms with Gasteiger partial charge in [0.15, 0.2) is 20.7 Å². The quantitative estimate of drug-likeness (QED) is 0.328. The number of aliphatic imine (C=N–C) groups is 1. The van der Waals surface area contributed by atoms with Crippen LogP contribution in [0, 0.1) is 6.92 Å². The Morgan fingerprint density at radius 3 is 2.51 bits per heavy atom. The predicted molar refractivity (Wildman–Crippen MR) is 154 cm³/mol. The van der Waals surface area contributed by atoms with Crippen molar-refractivity contribution in [3.63, 3.8) is 0 Å². The Balaban J connectivity index is 1.97. The molecule has 0 aliphatic carbocycles. The Labute approximate surface area is 225 Å². The van der Waals surface area contributed by atoms with E-state index in [0.29, 0.717) is 11.9 Å². The number of halogens is 1. The van der Waals surface area contributed by atoms with Gasteiger partial charge in [0.2, 0.25) is 5.95 Å². The van der Waals surface area contributed by atoms with Gasteiger partial charge in [0.25, 0.3) is 0 Å². The molecule has 2 aromatic rings. The van der Waals surface area contributed by atoms with Gasteiger partial charge in [0.05, 0.1) is 17.1 Å². The number of aromatic nitrogens is 2. The maximum absolute atomic E-state index is 12.6. The van der Waals surface area contributed by atoms with Crippen LogP contribution in [0.2, 0.25) is 5.02 Å². The molecule has 202 valence electrons. The number of benzene rings is 1. The number of hydrogen-bond donors (Lipinski definition) is 4. The summed E-state index contributed by atoms with van der Waals surface area (Å²) in [4.78, 5) is 12.8. The van der Waals surface area contributed by atoms with Crippen LogP contribution in [0.25, 0.3) is 0 Å². The summed E-state index contributed by atoms with van der Waals surface area (Å²) in [5.74, 6) is 1.37. The lowest BCUT2D eigenvalue weighted by atomic mass is 9.84. The number of aryl methyl sites for hydroxylation is 1. The van der Waals surface area contributed by atoms with E-state index in [4.69, 9.17) is 17.3 Å². The number of rotatable bonds is 9. The fourth-order valence-corrected chi connectivity index (χ4v) is 5.41. The molecule has 11 heteroatoms. The maximum atomic E-state index is 12.6. The lowest BCUT2D eigenvalue weighted by Gasteiger charge is -2.26. The van der Waals surface area contributed by atoms with E-state index in [0.717, 1.165) is 31.6 Å². The van der Waals surface area contributed by atoms with Crippen molar-refractivity contribution in [3.05, 3.63) is 50.8 Å². The number of anilines is 3. The first-order valence-electron chi connectivity index (χ1n) is 12.5. The molecule has 0 amide bonds. The number of sulfone groups is 1. The molecule has 0 unspecified atom stereocenters. The molecule has 3 rings (SSSR count). The third kappa shape index (κ3) is 6.80. The summed E-state index contributed by atoms with van der Waals surface area (Å²) in [6.45, 7) is 11.7. The number of allylic oxidation sites excluding steroid dienone is 1. The first-order chi connectivity index (χ1) is 17.4. The Bertz CT molecular complexity index is 1280. The van der Waals surface area contributed by atoms with Crippen LogP contribution < -0.4 is 21.7 Å². The van der Waals surface area contributed by atoms with Gasteiger partial charge in [-0.1, -0.05) is 31.5 Å². The molecule has 0 radical (unpaired) electrons. The van der Waals surface area contributed by atoms with E-state index in [-0.39, 0.29) is 27.5 Å². The van der Waals surface area contributed by atoms with Gasteiger partial charge in [-0.05, 0) is 81.3 Å². The standard InChI is InChI=1S/C26H38ClN7O2S/c1-15(2)19-12-20(18-7-9-30-10-8-18)17(5)11-22(19)33-26-31-13-21(27)25(34-26)32-23(14-29-6)24(28)37(35,36)16(3)4/h11-16,18,30H,7-10,28H2,1-6H3,(H2,31,32,33,34).